The van der Waals surface area contributed by atoms with Crippen LogP contribution in [0.5, 0.6) is 5.75 Å². The highest BCUT2D eigenvalue weighted by Gasteiger charge is 2.17. The second kappa shape index (κ2) is 5.91. The van der Waals surface area contributed by atoms with Crippen LogP contribution in [0.1, 0.15) is 17.4 Å². The van der Waals surface area contributed by atoms with E-state index < -0.39 is 0 Å². The lowest BCUT2D eigenvalue weighted by atomic mass is 10.0. The molecule has 96 valence electrons. The van der Waals surface area contributed by atoms with E-state index in [1.807, 2.05) is 37.4 Å². The second-order valence-electron chi connectivity index (χ2n) is 3.76. The van der Waals surface area contributed by atoms with Gasteiger partial charge in [0.05, 0.1) is 17.6 Å². The Balaban J connectivity index is 2.36. The number of hydrogen-bond donors (Lipinski definition) is 1. The molecular formula is C13H13Br2NO2. The molecule has 0 radical (unpaired) electrons. The van der Waals surface area contributed by atoms with Gasteiger partial charge in [0.2, 0.25) is 0 Å². The number of benzene rings is 1. The van der Waals surface area contributed by atoms with Crippen molar-refractivity contribution < 1.29 is 9.15 Å². The minimum Gasteiger partial charge on any atom is -0.496 e. The van der Waals surface area contributed by atoms with Crippen molar-refractivity contribution in [1.82, 2.24) is 5.32 Å². The Morgan fingerprint density at radius 1 is 1.22 bits per heavy atom. The molecule has 18 heavy (non-hydrogen) atoms. The summed E-state index contributed by atoms with van der Waals surface area (Å²) < 4.78 is 12.5. The van der Waals surface area contributed by atoms with E-state index in [0.717, 1.165) is 26.2 Å². The molecule has 2 rings (SSSR count). The fourth-order valence-corrected chi connectivity index (χ4v) is 2.70. The molecule has 1 aromatic heterocycles. The number of hydrogen-bond acceptors (Lipinski definition) is 3. The summed E-state index contributed by atoms with van der Waals surface area (Å²) in [7, 11) is 3.55. The van der Waals surface area contributed by atoms with Gasteiger partial charge in [-0.1, -0.05) is 6.07 Å². The van der Waals surface area contributed by atoms with Gasteiger partial charge in [0.15, 0.2) is 4.67 Å². The molecule has 1 N–H and O–H groups in total. The van der Waals surface area contributed by atoms with Crippen LogP contribution in [0.3, 0.4) is 0 Å². The Bertz CT molecular complexity index is 540. The molecule has 0 aliphatic rings. The summed E-state index contributed by atoms with van der Waals surface area (Å²) in [6, 6.07) is 9.82. The van der Waals surface area contributed by atoms with E-state index in [1.165, 1.54) is 0 Å². The van der Waals surface area contributed by atoms with Crippen LogP contribution >= 0.6 is 31.9 Å². The van der Waals surface area contributed by atoms with Crippen molar-refractivity contribution in [3.8, 4) is 5.75 Å². The van der Waals surface area contributed by atoms with E-state index in [-0.39, 0.29) is 6.04 Å². The van der Waals surface area contributed by atoms with Crippen molar-refractivity contribution in [1.29, 1.82) is 0 Å². The number of ether oxygens (including phenoxy) is 1. The predicted molar refractivity (Wildman–Crippen MR) is 78.0 cm³/mol. The van der Waals surface area contributed by atoms with Gasteiger partial charge in [-0.2, -0.15) is 0 Å². The van der Waals surface area contributed by atoms with Gasteiger partial charge in [-0.25, -0.2) is 0 Å². The SMILES string of the molecule is CNC(c1ccc(OC)c(Br)c1)c1ccc(Br)o1. The van der Waals surface area contributed by atoms with E-state index in [1.54, 1.807) is 7.11 Å². The molecule has 0 bridgehead atoms. The van der Waals surface area contributed by atoms with Crippen molar-refractivity contribution in [2.45, 2.75) is 6.04 Å². The monoisotopic (exact) mass is 373 g/mol. The van der Waals surface area contributed by atoms with Gasteiger partial charge in [-0.15, -0.1) is 0 Å². The van der Waals surface area contributed by atoms with Crippen LogP contribution in [0.25, 0.3) is 0 Å². The van der Waals surface area contributed by atoms with Crippen molar-refractivity contribution in [3.05, 3.63) is 50.8 Å². The summed E-state index contributed by atoms with van der Waals surface area (Å²) in [4.78, 5) is 0. The molecular weight excluding hydrogens is 362 g/mol. The molecule has 0 aliphatic heterocycles. The topological polar surface area (TPSA) is 34.4 Å². The first kappa shape index (κ1) is 13.6. The Morgan fingerprint density at radius 2 is 2.00 bits per heavy atom. The summed E-state index contributed by atoms with van der Waals surface area (Å²) in [6.45, 7) is 0. The van der Waals surface area contributed by atoms with Crippen LogP contribution in [0.4, 0.5) is 0 Å². The van der Waals surface area contributed by atoms with Gasteiger partial charge in [-0.3, -0.25) is 0 Å². The molecule has 0 spiro atoms. The van der Waals surface area contributed by atoms with Gasteiger partial charge in [-0.05, 0) is 68.7 Å². The molecule has 2 aromatic rings. The largest absolute Gasteiger partial charge is 0.496 e. The third kappa shape index (κ3) is 2.79. The molecule has 1 atom stereocenters. The first-order chi connectivity index (χ1) is 8.65. The molecule has 0 amide bonds. The maximum absolute atomic E-state index is 5.59. The molecule has 3 nitrogen and oxygen atoms in total. The Morgan fingerprint density at radius 3 is 2.50 bits per heavy atom. The lowest BCUT2D eigenvalue weighted by Crippen LogP contribution is -2.17. The molecule has 0 fully saturated rings. The fraction of sp³-hybridized carbons (Fsp3) is 0.231. The standard InChI is InChI=1S/C13H13Br2NO2/c1-16-13(11-5-6-12(15)18-11)8-3-4-10(17-2)9(14)7-8/h3-7,13,16H,1-2H3. The third-order valence-electron chi connectivity index (χ3n) is 2.68. The molecule has 1 heterocycles. The highest BCUT2D eigenvalue weighted by Crippen LogP contribution is 2.31. The van der Waals surface area contributed by atoms with Crippen molar-refractivity contribution in [2.75, 3.05) is 14.2 Å². The quantitative estimate of drug-likeness (QED) is 0.873. The number of rotatable bonds is 4. The molecule has 0 saturated heterocycles. The molecule has 0 aliphatic carbocycles. The average molecular weight is 375 g/mol. The Hall–Kier alpha value is -0.780. The second-order valence-corrected chi connectivity index (χ2v) is 5.39. The van der Waals surface area contributed by atoms with E-state index >= 15 is 0 Å². The minimum absolute atomic E-state index is 0.0125. The van der Waals surface area contributed by atoms with Crippen LogP contribution in [0.15, 0.2) is 43.9 Å². The molecule has 0 saturated carbocycles. The summed E-state index contributed by atoms with van der Waals surface area (Å²) >= 11 is 6.81. The van der Waals surface area contributed by atoms with Crippen LogP contribution in [-0.2, 0) is 0 Å². The van der Waals surface area contributed by atoms with Gasteiger partial charge in [0.25, 0.3) is 0 Å². The van der Waals surface area contributed by atoms with E-state index in [0.29, 0.717) is 0 Å². The smallest absolute Gasteiger partial charge is 0.169 e. The summed E-state index contributed by atoms with van der Waals surface area (Å²) in [5, 5.41) is 3.24. The van der Waals surface area contributed by atoms with Crippen LogP contribution in [0.2, 0.25) is 0 Å². The first-order valence-electron chi connectivity index (χ1n) is 5.41. The predicted octanol–water partition coefficient (Wildman–Crippen LogP) is 4.12. The van der Waals surface area contributed by atoms with Crippen LogP contribution in [-0.4, -0.2) is 14.2 Å². The molecule has 5 heteroatoms. The minimum atomic E-state index is 0.0125. The average Bonchev–Trinajstić information content (AvgIpc) is 2.77. The van der Waals surface area contributed by atoms with Gasteiger partial charge in [0, 0.05) is 0 Å². The highest BCUT2D eigenvalue weighted by atomic mass is 79.9. The highest BCUT2D eigenvalue weighted by molar-refractivity contribution is 9.10. The number of halogens is 2. The lowest BCUT2D eigenvalue weighted by molar-refractivity contribution is 0.411. The maximum Gasteiger partial charge on any atom is 0.169 e. The van der Waals surface area contributed by atoms with Gasteiger partial charge in [0.1, 0.15) is 11.5 Å². The zero-order valence-corrected chi connectivity index (χ0v) is 13.2. The van der Waals surface area contributed by atoms with E-state index in [4.69, 9.17) is 9.15 Å². The van der Waals surface area contributed by atoms with Crippen LogP contribution < -0.4 is 10.1 Å². The molecule has 1 aromatic carbocycles. The summed E-state index contributed by atoms with van der Waals surface area (Å²) in [6.07, 6.45) is 0. The number of furan rings is 1. The maximum atomic E-state index is 5.59. The summed E-state index contributed by atoms with van der Waals surface area (Å²) in [5.41, 5.74) is 1.10. The normalized spacial score (nSPS) is 12.4. The van der Waals surface area contributed by atoms with Crippen LogP contribution in [0, 0.1) is 0 Å². The van der Waals surface area contributed by atoms with Crippen molar-refractivity contribution in [2.24, 2.45) is 0 Å². The van der Waals surface area contributed by atoms with E-state index in [2.05, 4.69) is 37.2 Å². The van der Waals surface area contributed by atoms with Gasteiger partial charge < -0.3 is 14.5 Å². The third-order valence-corrected chi connectivity index (χ3v) is 3.72. The fourth-order valence-electron chi connectivity index (χ4n) is 1.82. The Kier molecular flexibility index (Phi) is 4.48. The number of nitrogens with one attached hydrogen (secondary N) is 1. The van der Waals surface area contributed by atoms with E-state index in [9.17, 15) is 0 Å². The van der Waals surface area contributed by atoms with Gasteiger partial charge >= 0.3 is 0 Å². The first-order valence-corrected chi connectivity index (χ1v) is 7.00. The lowest BCUT2D eigenvalue weighted by Gasteiger charge is -2.15. The zero-order valence-electron chi connectivity index (χ0n) is 10.0. The number of methoxy groups -OCH3 is 1. The molecule has 1 unspecified atom stereocenters. The van der Waals surface area contributed by atoms with Crippen molar-refractivity contribution >= 4 is 31.9 Å². The zero-order chi connectivity index (χ0) is 13.1. The summed E-state index contributed by atoms with van der Waals surface area (Å²) in [5.74, 6) is 1.68. The Labute approximate surface area is 123 Å². The van der Waals surface area contributed by atoms with Crippen molar-refractivity contribution in [3.63, 3.8) is 0 Å².